The quantitative estimate of drug-likeness (QED) is 0.310. The Morgan fingerprint density at radius 3 is 1.16 bits per heavy atom. The molecule has 0 radical (unpaired) electrons. The highest BCUT2D eigenvalue weighted by molar-refractivity contribution is 5.99. The highest BCUT2D eigenvalue weighted by Crippen LogP contribution is 2.35. The van der Waals surface area contributed by atoms with E-state index in [-0.39, 0.29) is 25.7 Å². The molecule has 178 valence electrons. The largest absolute Gasteiger partial charge is 0.480 e. The molecule has 0 bridgehead atoms. The standard InChI is InChI=1S/C24H34O8/c1-5-7-9-23(19(25)26,20(27)28)13-17-11-16(4)18(12-15(17)3)14-24(21(29)30,22(31)32)10-8-6-2/h11-12H,5-10,13-14H2,1-4H3,(H,25,26)(H,27,28)(H,29,30)(H,31,32). The number of aryl methyl sites for hydroxylation is 2. The molecule has 0 atom stereocenters. The van der Waals surface area contributed by atoms with Gasteiger partial charge in [0, 0.05) is 0 Å². The average Bonchev–Trinajstić information content (AvgIpc) is 2.70. The van der Waals surface area contributed by atoms with Crippen LogP contribution in [0.25, 0.3) is 0 Å². The number of carboxylic acids is 4. The highest BCUT2D eigenvalue weighted by atomic mass is 16.4. The van der Waals surface area contributed by atoms with E-state index >= 15 is 0 Å². The van der Waals surface area contributed by atoms with E-state index in [9.17, 15) is 39.6 Å². The number of carbonyl (C=O) groups is 4. The van der Waals surface area contributed by atoms with Crippen molar-refractivity contribution >= 4 is 23.9 Å². The molecule has 0 saturated carbocycles. The predicted octanol–water partition coefficient (Wildman–Crippen LogP) is 4.08. The number of unbranched alkanes of at least 4 members (excludes halogenated alkanes) is 2. The van der Waals surface area contributed by atoms with Crippen LogP contribution < -0.4 is 0 Å². The third kappa shape index (κ3) is 5.66. The second-order valence-corrected chi connectivity index (χ2v) is 8.65. The first kappa shape index (κ1) is 27.1. The maximum atomic E-state index is 12.0. The van der Waals surface area contributed by atoms with Crippen molar-refractivity contribution < 1.29 is 39.6 Å². The predicted molar refractivity (Wildman–Crippen MR) is 118 cm³/mol. The molecule has 1 aromatic rings. The van der Waals surface area contributed by atoms with Crippen LogP contribution in [0.3, 0.4) is 0 Å². The molecule has 0 spiro atoms. The summed E-state index contributed by atoms with van der Waals surface area (Å²) in [6.07, 6.45) is 1.79. The molecule has 1 aromatic carbocycles. The summed E-state index contributed by atoms with van der Waals surface area (Å²) in [5.74, 6) is -5.57. The van der Waals surface area contributed by atoms with Gasteiger partial charge in [0.25, 0.3) is 0 Å². The second-order valence-electron chi connectivity index (χ2n) is 8.65. The number of aliphatic carboxylic acids is 4. The number of carboxylic acid groups (broad SMARTS) is 4. The van der Waals surface area contributed by atoms with E-state index in [0.29, 0.717) is 47.9 Å². The van der Waals surface area contributed by atoms with Crippen LogP contribution in [0.4, 0.5) is 0 Å². The maximum absolute atomic E-state index is 12.0. The van der Waals surface area contributed by atoms with Gasteiger partial charge in [-0.05, 0) is 61.8 Å². The van der Waals surface area contributed by atoms with Crippen LogP contribution in [0.15, 0.2) is 12.1 Å². The summed E-state index contributed by atoms with van der Waals surface area (Å²) in [4.78, 5) is 47.9. The van der Waals surface area contributed by atoms with Crippen molar-refractivity contribution in [2.24, 2.45) is 10.8 Å². The Morgan fingerprint density at radius 2 is 0.938 bits per heavy atom. The van der Waals surface area contributed by atoms with Crippen molar-refractivity contribution in [3.05, 3.63) is 34.4 Å². The molecule has 8 heteroatoms. The molecule has 0 aliphatic carbocycles. The Kier molecular flexibility index (Phi) is 9.42. The van der Waals surface area contributed by atoms with Crippen molar-refractivity contribution in [1.29, 1.82) is 0 Å². The second kappa shape index (κ2) is 11.1. The number of hydrogen-bond donors (Lipinski definition) is 4. The van der Waals surface area contributed by atoms with Crippen LogP contribution in [0.5, 0.6) is 0 Å². The lowest BCUT2D eigenvalue weighted by molar-refractivity contribution is -0.167. The lowest BCUT2D eigenvalue weighted by Gasteiger charge is -2.28. The Labute approximate surface area is 188 Å². The molecule has 8 nitrogen and oxygen atoms in total. The molecular weight excluding hydrogens is 416 g/mol. The van der Waals surface area contributed by atoms with Crippen LogP contribution in [-0.2, 0) is 32.0 Å². The summed E-state index contributed by atoms with van der Waals surface area (Å²) >= 11 is 0. The Balaban J connectivity index is 3.44. The van der Waals surface area contributed by atoms with Gasteiger partial charge in [0.15, 0.2) is 10.8 Å². The van der Waals surface area contributed by atoms with E-state index in [1.807, 2.05) is 13.8 Å². The zero-order chi connectivity index (χ0) is 24.7. The zero-order valence-electron chi connectivity index (χ0n) is 19.2. The van der Waals surface area contributed by atoms with Gasteiger partial charge in [-0.2, -0.15) is 0 Å². The van der Waals surface area contributed by atoms with Gasteiger partial charge in [-0.1, -0.05) is 51.7 Å². The molecule has 0 unspecified atom stereocenters. The number of hydrogen-bond acceptors (Lipinski definition) is 4. The van der Waals surface area contributed by atoms with Gasteiger partial charge in [-0.15, -0.1) is 0 Å². The van der Waals surface area contributed by atoms with Crippen LogP contribution in [0.2, 0.25) is 0 Å². The summed E-state index contributed by atoms with van der Waals surface area (Å²) in [5.41, 5.74) is -1.62. The van der Waals surface area contributed by atoms with E-state index in [0.717, 1.165) is 0 Å². The Hall–Kier alpha value is -2.90. The van der Waals surface area contributed by atoms with Crippen molar-refractivity contribution in [2.45, 2.75) is 79.1 Å². The van der Waals surface area contributed by atoms with E-state index in [1.165, 1.54) is 0 Å². The third-order valence-electron chi connectivity index (χ3n) is 6.33. The summed E-state index contributed by atoms with van der Waals surface area (Å²) < 4.78 is 0. The normalized spacial score (nSPS) is 11.9. The smallest absolute Gasteiger partial charge is 0.321 e. The van der Waals surface area contributed by atoms with Crippen molar-refractivity contribution in [3.8, 4) is 0 Å². The van der Waals surface area contributed by atoms with Gasteiger partial charge in [-0.25, -0.2) is 0 Å². The lowest BCUT2D eigenvalue weighted by atomic mass is 9.74. The summed E-state index contributed by atoms with van der Waals surface area (Å²) in [7, 11) is 0. The fraction of sp³-hybridized carbons (Fsp3) is 0.583. The highest BCUT2D eigenvalue weighted by Gasteiger charge is 2.47. The summed E-state index contributed by atoms with van der Waals surface area (Å²) in [6.45, 7) is 7.10. The van der Waals surface area contributed by atoms with E-state index in [2.05, 4.69) is 0 Å². The fourth-order valence-corrected chi connectivity index (χ4v) is 4.01. The lowest BCUT2D eigenvalue weighted by Crippen LogP contribution is -2.42. The first-order chi connectivity index (χ1) is 14.9. The van der Waals surface area contributed by atoms with Gasteiger partial charge in [0.1, 0.15) is 0 Å². The van der Waals surface area contributed by atoms with Crippen LogP contribution >= 0.6 is 0 Å². The van der Waals surface area contributed by atoms with Gasteiger partial charge in [0.2, 0.25) is 0 Å². The Bertz CT molecular complexity index is 771. The first-order valence-electron chi connectivity index (χ1n) is 10.9. The average molecular weight is 451 g/mol. The summed E-state index contributed by atoms with van der Waals surface area (Å²) in [5, 5.41) is 39.0. The molecule has 0 fully saturated rings. The molecule has 0 aliphatic heterocycles. The molecule has 0 heterocycles. The minimum Gasteiger partial charge on any atom is -0.480 e. The SMILES string of the molecule is CCCCC(Cc1cc(C)c(CC(CCCC)(C(=O)O)C(=O)O)cc1C)(C(=O)O)C(=O)O. The topological polar surface area (TPSA) is 149 Å². The van der Waals surface area contributed by atoms with Crippen molar-refractivity contribution in [1.82, 2.24) is 0 Å². The molecule has 0 aliphatic rings. The minimum atomic E-state index is -1.96. The molecule has 4 N–H and O–H groups in total. The molecule has 0 aromatic heterocycles. The zero-order valence-corrected chi connectivity index (χ0v) is 19.2. The van der Waals surface area contributed by atoms with Gasteiger partial charge < -0.3 is 20.4 Å². The molecule has 0 saturated heterocycles. The number of rotatable bonds is 14. The summed E-state index contributed by atoms with van der Waals surface area (Å²) in [6, 6.07) is 3.32. The van der Waals surface area contributed by atoms with Crippen LogP contribution in [-0.4, -0.2) is 44.3 Å². The van der Waals surface area contributed by atoms with Gasteiger partial charge in [0.05, 0.1) is 0 Å². The Morgan fingerprint density at radius 1 is 0.656 bits per heavy atom. The molecule has 1 rings (SSSR count). The fourth-order valence-electron chi connectivity index (χ4n) is 4.01. The van der Waals surface area contributed by atoms with E-state index in [4.69, 9.17) is 0 Å². The molecular formula is C24H34O8. The van der Waals surface area contributed by atoms with Gasteiger partial charge in [-0.3, -0.25) is 19.2 Å². The van der Waals surface area contributed by atoms with Crippen molar-refractivity contribution in [3.63, 3.8) is 0 Å². The monoisotopic (exact) mass is 450 g/mol. The van der Waals surface area contributed by atoms with E-state index < -0.39 is 34.7 Å². The third-order valence-corrected chi connectivity index (χ3v) is 6.33. The molecule has 32 heavy (non-hydrogen) atoms. The van der Waals surface area contributed by atoms with Gasteiger partial charge >= 0.3 is 23.9 Å². The van der Waals surface area contributed by atoms with E-state index in [1.54, 1.807) is 26.0 Å². The van der Waals surface area contributed by atoms with Crippen molar-refractivity contribution in [2.75, 3.05) is 0 Å². The number of benzene rings is 1. The molecule has 0 amide bonds. The van der Waals surface area contributed by atoms with Crippen LogP contribution in [0.1, 0.15) is 74.6 Å². The minimum absolute atomic E-state index is 0.00738. The maximum Gasteiger partial charge on any atom is 0.321 e. The van der Waals surface area contributed by atoms with Crippen LogP contribution in [0, 0.1) is 24.7 Å². The first-order valence-corrected chi connectivity index (χ1v) is 10.9.